The van der Waals surface area contributed by atoms with Crippen molar-refractivity contribution in [1.82, 2.24) is 0 Å². The van der Waals surface area contributed by atoms with Crippen molar-refractivity contribution in [3.8, 4) is 0 Å². The van der Waals surface area contributed by atoms with E-state index in [1.165, 1.54) is 23.1 Å². The number of rotatable bonds is 0. The van der Waals surface area contributed by atoms with Gasteiger partial charge < -0.3 is 0 Å². The predicted octanol–water partition coefficient (Wildman–Crippen LogP) is 4.39. The van der Waals surface area contributed by atoms with Gasteiger partial charge in [-0.25, -0.2) is 0 Å². The van der Waals surface area contributed by atoms with Gasteiger partial charge in [0.05, 0.1) is 0 Å². The van der Waals surface area contributed by atoms with Crippen LogP contribution in [0.3, 0.4) is 0 Å². The van der Waals surface area contributed by atoms with E-state index in [2.05, 4.69) is 59.7 Å². The van der Waals surface area contributed by atoms with E-state index >= 15 is 0 Å². The molecule has 2 rings (SSSR count). The zero-order valence-corrected chi connectivity index (χ0v) is 11.4. The second-order valence-corrected chi connectivity index (χ2v) is 6.65. The minimum Gasteiger partial charge on any atom is -0.0616 e. The van der Waals surface area contributed by atoms with Gasteiger partial charge in [0.25, 0.3) is 0 Å². The summed E-state index contributed by atoms with van der Waals surface area (Å²) >= 11 is 0. The van der Waals surface area contributed by atoms with Crippen LogP contribution in [0, 0.1) is 18.9 Å². The molecule has 1 aliphatic rings. The lowest BCUT2D eigenvalue weighted by Crippen LogP contribution is -2.40. The topological polar surface area (TPSA) is 0 Å². The van der Waals surface area contributed by atoms with Crippen molar-refractivity contribution in [1.29, 1.82) is 0 Å². The number of aryl methyl sites for hydroxylation is 1. The van der Waals surface area contributed by atoms with Gasteiger partial charge in [0, 0.05) is 0 Å². The smallest absolute Gasteiger partial charge is 0.00746 e. The summed E-state index contributed by atoms with van der Waals surface area (Å²) in [6.07, 6.45) is 1.27. The van der Waals surface area contributed by atoms with Gasteiger partial charge in [-0.2, -0.15) is 0 Å². The highest BCUT2D eigenvalue weighted by Crippen LogP contribution is 2.48. The molecule has 0 N–H and O–H groups in total. The molecule has 1 aromatic carbocycles. The first kappa shape index (κ1) is 11.7. The number of fused-ring (bicyclic) bond motifs is 1. The fourth-order valence-corrected chi connectivity index (χ4v) is 3.09. The highest BCUT2D eigenvalue weighted by molar-refractivity contribution is 5.43. The van der Waals surface area contributed by atoms with E-state index < -0.39 is 0 Å². The maximum Gasteiger partial charge on any atom is -0.00746 e. The summed E-state index contributed by atoms with van der Waals surface area (Å²) in [7, 11) is 0. The van der Waals surface area contributed by atoms with E-state index in [9.17, 15) is 0 Å². The van der Waals surface area contributed by atoms with Crippen molar-refractivity contribution in [3.63, 3.8) is 0 Å². The first-order chi connectivity index (χ1) is 7.25. The molecule has 0 aliphatic heterocycles. The Kier molecular flexibility index (Phi) is 2.45. The summed E-state index contributed by atoms with van der Waals surface area (Å²) in [4.78, 5) is 0. The van der Waals surface area contributed by atoms with E-state index in [1.807, 2.05) is 0 Å². The third-order valence-electron chi connectivity index (χ3n) is 4.57. The maximum atomic E-state index is 3.37. The Bertz CT molecular complexity index is 410. The van der Waals surface area contributed by atoms with Crippen LogP contribution in [0.4, 0.5) is 0 Å². The third kappa shape index (κ3) is 1.59. The number of hydrogen-bond donors (Lipinski definition) is 0. The van der Waals surface area contributed by atoms with Gasteiger partial charge in [0.2, 0.25) is 0 Å². The quantitative estimate of drug-likeness (QED) is 0.602. The van der Waals surface area contributed by atoms with Crippen molar-refractivity contribution in [2.24, 2.45) is 5.92 Å². The average Bonchev–Trinajstić information content (AvgIpc) is 2.14. The minimum absolute atomic E-state index is 0.296. The summed E-state index contributed by atoms with van der Waals surface area (Å²) in [5.41, 5.74) is 4.89. The molecule has 0 bridgehead atoms. The normalized spacial score (nSPS) is 26.2. The Hall–Kier alpha value is -0.780. The number of hydrogen-bond acceptors (Lipinski definition) is 0. The van der Waals surface area contributed by atoms with Crippen LogP contribution < -0.4 is 0 Å². The average molecular weight is 215 g/mol. The lowest BCUT2D eigenvalue weighted by molar-refractivity contribution is 0.233. The van der Waals surface area contributed by atoms with E-state index in [0.717, 1.165) is 5.92 Å². The molecular weight excluding hydrogens is 192 g/mol. The van der Waals surface area contributed by atoms with Gasteiger partial charge in [-0.05, 0) is 52.8 Å². The summed E-state index contributed by atoms with van der Waals surface area (Å²) < 4.78 is 0. The van der Waals surface area contributed by atoms with Crippen molar-refractivity contribution in [2.75, 3.05) is 0 Å². The fraction of sp³-hybridized carbons (Fsp3) is 0.625. The molecule has 0 fully saturated rings. The van der Waals surface area contributed by atoms with E-state index in [-0.39, 0.29) is 0 Å². The van der Waals surface area contributed by atoms with Crippen LogP contribution >= 0.6 is 0 Å². The summed E-state index contributed by atoms with van der Waals surface area (Å²) in [5, 5.41) is 0. The van der Waals surface area contributed by atoms with Crippen LogP contribution in [-0.2, 0) is 10.8 Å². The van der Waals surface area contributed by atoms with Gasteiger partial charge in [-0.3, -0.25) is 0 Å². The molecule has 0 saturated heterocycles. The highest BCUT2D eigenvalue weighted by Gasteiger charge is 2.41. The molecule has 1 aliphatic carbocycles. The molecule has 1 unspecified atom stereocenters. The zero-order chi connectivity index (χ0) is 12.1. The van der Waals surface area contributed by atoms with Crippen molar-refractivity contribution in [3.05, 3.63) is 34.9 Å². The molecule has 1 aromatic rings. The molecule has 0 amide bonds. The monoisotopic (exact) mass is 215 g/mol. The van der Waals surface area contributed by atoms with Gasteiger partial charge in [-0.1, -0.05) is 46.8 Å². The lowest BCUT2D eigenvalue weighted by atomic mass is 9.58. The van der Waals surface area contributed by atoms with Crippen LogP contribution in [-0.4, -0.2) is 0 Å². The van der Waals surface area contributed by atoms with Gasteiger partial charge in [-0.15, -0.1) is 0 Å². The largest absolute Gasteiger partial charge is 0.0616 e. The molecule has 0 nitrogen and oxygen atoms in total. The SMILES string of the molecule is Cc1[c]cc2c(c1)C(C)(C)C(C)CC2(C)C. The Labute approximate surface area is 100 Å². The van der Waals surface area contributed by atoms with Crippen LogP contribution in [0.5, 0.6) is 0 Å². The molecule has 0 heterocycles. The lowest BCUT2D eigenvalue weighted by Gasteiger charge is -2.46. The van der Waals surface area contributed by atoms with Crippen molar-refractivity contribution >= 4 is 0 Å². The van der Waals surface area contributed by atoms with Crippen LogP contribution in [0.25, 0.3) is 0 Å². The first-order valence-corrected chi connectivity index (χ1v) is 6.28. The van der Waals surface area contributed by atoms with Crippen LogP contribution in [0.15, 0.2) is 12.1 Å². The third-order valence-corrected chi connectivity index (χ3v) is 4.57. The molecule has 16 heavy (non-hydrogen) atoms. The Morgan fingerprint density at radius 2 is 1.81 bits per heavy atom. The van der Waals surface area contributed by atoms with Crippen LogP contribution in [0.2, 0.25) is 0 Å². The summed E-state index contributed by atoms with van der Waals surface area (Å²) in [6, 6.07) is 7.93. The van der Waals surface area contributed by atoms with Gasteiger partial charge in [0.15, 0.2) is 0 Å². The minimum atomic E-state index is 0.296. The molecule has 0 spiro atoms. The van der Waals surface area contributed by atoms with Crippen molar-refractivity contribution < 1.29 is 0 Å². The van der Waals surface area contributed by atoms with E-state index in [4.69, 9.17) is 0 Å². The van der Waals surface area contributed by atoms with Crippen molar-refractivity contribution in [2.45, 2.75) is 58.8 Å². The fourth-order valence-electron chi connectivity index (χ4n) is 3.09. The molecule has 87 valence electrons. The molecule has 0 saturated carbocycles. The molecule has 1 radical (unpaired) electrons. The number of benzene rings is 1. The molecule has 0 aromatic heterocycles. The standard InChI is InChI=1S/C16H23/c1-11-7-8-13-14(9-11)16(5,6)12(2)10-15(13,3)4/h8-9,12H,10H2,1-6H3. The van der Waals surface area contributed by atoms with Gasteiger partial charge in [0.1, 0.15) is 0 Å². The summed E-state index contributed by atoms with van der Waals surface area (Å²) in [5.74, 6) is 0.733. The van der Waals surface area contributed by atoms with E-state index in [1.54, 1.807) is 0 Å². The highest BCUT2D eigenvalue weighted by atomic mass is 14.5. The Morgan fingerprint density at radius 1 is 1.19 bits per heavy atom. The summed E-state index contributed by atoms with van der Waals surface area (Å²) in [6.45, 7) is 14.0. The maximum absolute atomic E-state index is 3.37. The Balaban J connectivity index is 2.68. The molecule has 0 heteroatoms. The predicted molar refractivity (Wildman–Crippen MR) is 69.8 cm³/mol. The molecule has 1 atom stereocenters. The second kappa shape index (κ2) is 3.35. The molecular formula is C16H23. The first-order valence-electron chi connectivity index (χ1n) is 6.28. The zero-order valence-electron chi connectivity index (χ0n) is 11.4. The Morgan fingerprint density at radius 3 is 2.44 bits per heavy atom. The van der Waals surface area contributed by atoms with Crippen LogP contribution in [0.1, 0.15) is 57.7 Å². The van der Waals surface area contributed by atoms with Gasteiger partial charge >= 0.3 is 0 Å². The van der Waals surface area contributed by atoms with E-state index in [0.29, 0.717) is 10.8 Å². The second-order valence-electron chi connectivity index (χ2n) is 6.65.